The van der Waals surface area contributed by atoms with Gasteiger partial charge in [0.05, 0.1) is 33.0 Å². The van der Waals surface area contributed by atoms with Crippen molar-refractivity contribution < 1.29 is 32.9 Å². The zero-order valence-corrected chi connectivity index (χ0v) is 21.7. The summed E-state index contributed by atoms with van der Waals surface area (Å²) >= 11 is 0. The molecule has 9 heteroatoms. The fourth-order valence-electron chi connectivity index (χ4n) is 3.81. The number of carbonyl (C=O) groups excluding carboxylic acids is 1. The molecule has 0 aliphatic rings. The molecule has 0 saturated carbocycles. The van der Waals surface area contributed by atoms with E-state index in [1.165, 1.54) is 12.1 Å². The van der Waals surface area contributed by atoms with E-state index in [1.54, 1.807) is 56.8 Å². The topological polar surface area (TPSA) is 88.1 Å². The molecule has 0 bridgehead atoms. The molecule has 0 aliphatic carbocycles. The van der Waals surface area contributed by atoms with Crippen LogP contribution >= 0.6 is 0 Å². The molecule has 198 valence electrons. The minimum Gasteiger partial charge on any atom is -0.493 e. The van der Waals surface area contributed by atoms with Gasteiger partial charge in [0.1, 0.15) is 23.1 Å². The second kappa shape index (κ2) is 12.1. The molecule has 38 heavy (non-hydrogen) atoms. The van der Waals surface area contributed by atoms with E-state index in [1.807, 2.05) is 19.9 Å². The second-order valence-corrected chi connectivity index (χ2v) is 8.42. The summed E-state index contributed by atoms with van der Waals surface area (Å²) in [5, 5.41) is 3.54. The Morgan fingerprint density at radius 1 is 0.895 bits per heavy atom. The molecule has 1 N–H and O–H groups in total. The minimum atomic E-state index is -0.576. The van der Waals surface area contributed by atoms with Crippen molar-refractivity contribution in [3.05, 3.63) is 77.7 Å². The van der Waals surface area contributed by atoms with Crippen LogP contribution in [0.25, 0.3) is 10.9 Å². The van der Waals surface area contributed by atoms with Gasteiger partial charge in [0.2, 0.25) is 0 Å². The molecule has 0 spiro atoms. The lowest BCUT2D eigenvalue weighted by Gasteiger charge is -2.16. The van der Waals surface area contributed by atoms with E-state index in [0.29, 0.717) is 53.0 Å². The van der Waals surface area contributed by atoms with Crippen molar-refractivity contribution in [2.75, 3.05) is 32.8 Å². The number of anilines is 1. The van der Waals surface area contributed by atoms with Crippen LogP contribution in [0, 0.1) is 19.7 Å². The number of hydrogen-bond acceptors (Lipinski definition) is 7. The first-order chi connectivity index (χ1) is 18.4. The lowest BCUT2D eigenvalue weighted by Crippen LogP contribution is -2.16. The van der Waals surface area contributed by atoms with Crippen LogP contribution in [0.2, 0.25) is 0 Å². The zero-order chi connectivity index (χ0) is 27.1. The van der Waals surface area contributed by atoms with Gasteiger partial charge in [-0.25, -0.2) is 9.18 Å². The van der Waals surface area contributed by atoms with E-state index in [9.17, 15) is 9.18 Å². The van der Waals surface area contributed by atoms with Gasteiger partial charge in [-0.3, -0.25) is 10.3 Å². The van der Waals surface area contributed by atoms with Gasteiger partial charge in [0.25, 0.3) is 0 Å². The smallest absolute Gasteiger partial charge is 0.411 e. The van der Waals surface area contributed by atoms with E-state index in [4.69, 9.17) is 23.7 Å². The molecule has 0 fully saturated rings. The van der Waals surface area contributed by atoms with Crippen molar-refractivity contribution in [1.29, 1.82) is 0 Å². The number of nitrogens with one attached hydrogen (secondary N) is 1. The third-order valence-corrected chi connectivity index (χ3v) is 5.99. The summed E-state index contributed by atoms with van der Waals surface area (Å²) in [7, 11) is 3.15. The minimum absolute atomic E-state index is 0.156. The largest absolute Gasteiger partial charge is 0.493 e. The van der Waals surface area contributed by atoms with Gasteiger partial charge in [-0.15, -0.1) is 0 Å². The van der Waals surface area contributed by atoms with Crippen LogP contribution in [-0.4, -0.2) is 38.5 Å². The van der Waals surface area contributed by atoms with Gasteiger partial charge in [-0.2, -0.15) is 0 Å². The highest BCUT2D eigenvalue weighted by atomic mass is 19.1. The monoisotopic (exact) mass is 520 g/mol. The first-order valence-corrected chi connectivity index (χ1v) is 12.0. The number of rotatable bonds is 10. The molecule has 0 saturated heterocycles. The van der Waals surface area contributed by atoms with Gasteiger partial charge in [-0.1, -0.05) is 6.07 Å². The maximum atomic E-state index is 13.2. The summed E-state index contributed by atoms with van der Waals surface area (Å²) in [6, 6.07) is 14.8. The van der Waals surface area contributed by atoms with Crippen molar-refractivity contribution in [2.24, 2.45) is 0 Å². The van der Waals surface area contributed by atoms with Crippen molar-refractivity contribution in [3.63, 3.8) is 0 Å². The maximum absolute atomic E-state index is 13.2. The average molecular weight is 521 g/mol. The predicted molar refractivity (Wildman–Crippen MR) is 142 cm³/mol. The summed E-state index contributed by atoms with van der Waals surface area (Å²) < 4.78 is 41.0. The summed E-state index contributed by atoms with van der Waals surface area (Å²) in [5.74, 6) is 2.47. The number of halogens is 1. The van der Waals surface area contributed by atoms with Crippen LogP contribution in [0.15, 0.2) is 60.8 Å². The number of benzene rings is 3. The average Bonchev–Trinajstić information content (AvgIpc) is 2.92. The van der Waals surface area contributed by atoms with Crippen molar-refractivity contribution >= 4 is 22.7 Å². The number of hydrogen-bond donors (Lipinski definition) is 1. The molecule has 1 aromatic heterocycles. The van der Waals surface area contributed by atoms with Gasteiger partial charge in [-0.05, 0) is 61.4 Å². The van der Waals surface area contributed by atoms with E-state index < -0.39 is 6.09 Å². The van der Waals surface area contributed by atoms with E-state index >= 15 is 0 Å². The Kier molecular flexibility index (Phi) is 8.47. The summed E-state index contributed by atoms with van der Waals surface area (Å²) in [6.45, 7) is 4.26. The molecule has 3 aromatic carbocycles. The number of ether oxygens (including phenoxy) is 5. The standard InChI is InChI=1S/C29H29FN2O6/c1-18-19(2)25(38-26-11-12-31-24-17-28(35-4)27(34-3)16-22(24)26)10-9-23(18)32-29(33)37-14-6-13-36-21-8-5-7-20(30)15-21/h5,7-12,15-17H,6,13-14H2,1-4H3,(H,32,33). The molecule has 0 atom stereocenters. The molecule has 1 amide bonds. The zero-order valence-electron chi connectivity index (χ0n) is 21.7. The highest BCUT2D eigenvalue weighted by Gasteiger charge is 2.15. The van der Waals surface area contributed by atoms with Gasteiger partial charge < -0.3 is 23.7 Å². The number of fused-ring (bicyclic) bond motifs is 1. The summed E-state index contributed by atoms with van der Waals surface area (Å²) in [6.07, 6.45) is 1.56. The van der Waals surface area contributed by atoms with Crippen molar-refractivity contribution in [3.8, 4) is 28.7 Å². The molecule has 4 rings (SSSR count). The third kappa shape index (κ3) is 6.23. The first kappa shape index (κ1) is 26.5. The van der Waals surface area contributed by atoms with Crippen molar-refractivity contribution in [1.82, 2.24) is 4.98 Å². The maximum Gasteiger partial charge on any atom is 0.411 e. The third-order valence-electron chi connectivity index (χ3n) is 5.99. The van der Waals surface area contributed by atoms with E-state index in [2.05, 4.69) is 10.3 Å². The Morgan fingerprint density at radius 3 is 2.45 bits per heavy atom. The van der Waals surface area contributed by atoms with Crippen LogP contribution in [0.3, 0.4) is 0 Å². The van der Waals surface area contributed by atoms with Crippen LogP contribution in [0.1, 0.15) is 17.5 Å². The molecular formula is C29H29FN2O6. The van der Waals surface area contributed by atoms with Crippen LogP contribution < -0.4 is 24.3 Å². The number of pyridine rings is 1. The Morgan fingerprint density at radius 2 is 1.68 bits per heavy atom. The number of amides is 1. The molecule has 0 unspecified atom stereocenters. The van der Waals surface area contributed by atoms with Crippen LogP contribution in [0.5, 0.6) is 28.7 Å². The lowest BCUT2D eigenvalue weighted by atomic mass is 10.1. The number of carbonyl (C=O) groups is 1. The van der Waals surface area contributed by atoms with Gasteiger partial charge in [0, 0.05) is 35.8 Å². The number of nitrogens with zero attached hydrogens (tertiary/aromatic N) is 1. The fourth-order valence-corrected chi connectivity index (χ4v) is 3.81. The highest BCUT2D eigenvalue weighted by molar-refractivity contribution is 5.89. The van der Waals surface area contributed by atoms with Crippen LogP contribution in [0.4, 0.5) is 14.9 Å². The van der Waals surface area contributed by atoms with Crippen LogP contribution in [-0.2, 0) is 4.74 Å². The Bertz CT molecular complexity index is 1440. The van der Waals surface area contributed by atoms with Crippen molar-refractivity contribution in [2.45, 2.75) is 20.3 Å². The molecule has 4 aromatic rings. The van der Waals surface area contributed by atoms with Gasteiger partial charge in [0.15, 0.2) is 11.5 Å². The SMILES string of the molecule is COc1cc2nccc(Oc3ccc(NC(=O)OCCCOc4cccc(F)c4)c(C)c3C)c2cc1OC. The molecule has 0 aliphatic heterocycles. The predicted octanol–water partition coefficient (Wildman–Crippen LogP) is 6.82. The number of methoxy groups -OCH3 is 2. The molecular weight excluding hydrogens is 491 g/mol. The quantitative estimate of drug-likeness (QED) is 0.230. The lowest BCUT2D eigenvalue weighted by molar-refractivity contribution is 0.152. The normalized spacial score (nSPS) is 10.7. The first-order valence-electron chi connectivity index (χ1n) is 12.0. The highest BCUT2D eigenvalue weighted by Crippen LogP contribution is 2.38. The molecule has 1 heterocycles. The van der Waals surface area contributed by atoms with E-state index in [-0.39, 0.29) is 12.4 Å². The summed E-state index contributed by atoms with van der Waals surface area (Å²) in [5.41, 5.74) is 3.02. The summed E-state index contributed by atoms with van der Waals surface area (Å²) in [4.78, 5) is 16.7. The molecule has 0 radical (unpaired) electrons. The Labute approximate surface area is 220 Å². The second-order valence-electron chi connectivity index (χ2n) is 8.42. The fraction of sp³-hybridized carbons (Fsp3) is 0.241. The van der Waals surface area contributed by atoms with Gasteiger partial charge >= 0.3 is 6.09 Å². The number of aromatic nitrogens is 1. The molecule has 8 nitrogen and oxygen atoms in total. The Balaban J connectivity index is 1.37. The Hall–Kier alpha value is -4.53. The van der Waals surface area contributed by atoms with E-state index in [0.717, 1.165) is 16.5 Å².